The first-order valence-corrected chi connectivity index (χ1v) is 8.11. The minimum atomic E-state index is -0.257. The fourth-order valence-corrected chi connectivity index (χ4v) is 2.68. The summed E-state index contributed by atoms with van der Waals surface area (Å²) in [6, 6.07) is 9.80. The minimum absolute atomic E-state index is 0.257. The molecule has 3 rings (SSSR count). The molecule has 0 radical (unpaired) electrons. The van der Waals surface area contributed by atoms with E-state index in [1.165, 1.54) is 5.56 Å². The van der Waals surface area contributed by atoms with Crippen molar-refractivity contribution >= 4 is 11.8 Å². The molecule has 0 spiro atoms. The molecule has 1 aromatic carbocycles. The van der Waals surface area contributed by atoms with Crippen molar-refractivity contribution in [3.05, 3.63) is 47.7 Å². The van der Waals surface area contributed by atoms with E-state index in [1.807, 2.05) is 19.2 Å². The Kier molecular flexibility index (Phi) is 5.45. The molecule has 7 nitrogen and oxygen atoms in total. The molecule has 1 saturated heterocycles. The van der Waals surface area contributed by atoms with Gasteiger partial charge >= 0.3 is 6.03 Å². The quantitative estimate of drug-likeness (QED) is 0.873. The molecule has 24 heavy (non-hydrogen) atoms. The van der Waals surface area contributed by atoms with E-state index in [0.29, 0.717) is 12.4 Å². The Labute approximate surface area is 141 Å². The van der Waals surface area contributed by atoms with Crippen molar-refractivity contribution in [1.29, 1.82) is 0 Å². The van der Waals surface area contributed by atoms with Gasteiger partial charge in [-0.05, 0) is 11.1 Å². The van der Waals surface area contributed by atoms with Gasteiger partial charge in [0.25, 0.3) is 0 Å². The molecule has 1 aromatic heterocycles. The minimum Gasteiger partial charge on any atom is -0.379 e. The van der Waals surface area contributed by atoms with Crippen LogP contribution in [0.2, 0.25) is 0 Å². The molecule has 128 valence electrons. The lowest BCUT2D eigenvalue weighted by molar-refractivity contribution is 0.0342. The third-order valence-corrected chi connectivity index (χ3v) is 3.91. The van der Waals surface area contributed by atoms with Gasteiger partial charge in [0.2, 0.25) is 0 Å². The zero-order valence-corrected chi connectivity index (χ0v) is 13.9. The fraction of sp³-hybridized carbons (Fsp3) is 0.412. The number of amides is 2. The second-order valence-electron chi connectivity index (χ2n) is 5.89. The van der Waals surface area contributed by atoms with Crippen molar-refractivity contribution < 1.29 is 9.53 Å². The first kappa shape index (κ1) is 16.5. The normalized spacial score (nSPS) is 15.2. The Hall–Kier alpha value is -2.38. The Morgan fingerprint density at radius 3 is 2.79 bits per heavy atom. The van der Waals surface area contributed by atoms with E-state index in [1.54, 1.807) is 16.9 Å². The van der Waals surface area contributed by atoms with Crippen molar-refractivity contribution in [2.75, 3.05) is 31.6 Å². The lowest BCUT2D eigenvalue weighted by Crippen LogP contribution is -2.35. The van der Waals surface area contributed by atoms with Crippen LogP contribution in [0.1, 0.15) is 11.1 Å². The van der Waals surface area contributed by atoms with Crippen LogP contribution in [0.5, 0.6) is 0 Å². The number of ether oxygens (including phenoxy) is 1. The van der Waals surface area contributed by atoms with Crippen molar-refractivity contribution in [3.8, 4) is 0 Å². The lowest BCUT2D eigenvalue weighted by atomic mass is 10.1. The summed E-state index contributed by atoms with van der Waals surface area (Å²) in [7, 11) is 1.81. The molecule has 0 unspecified atom stereocenters. The van der Waals surface area contributed by atoms with Crippen LogP contribution in [0.4, 0.5) is 10.6 Å². The van der Waals surface area contributed by atoms with E-state index in [-0.39, 0.29) is 6.03 Å². The zero-order valence-electron chi connectivity index (χ0n) is 13.9. The number of urea groups is 1. The number of rotatable bonds is 5. The van der Waals surface area contributed by atoms with Crippen molar-refractivity contribution in [2.24, 2.45) is 7.05 Å². The number of anilines is 1. The van der Waals surface area contributed by atoms with Gasteiger partial charge in [-0.15, -0.1) is 0 Å². The SMILES string of the molecule is Cn1ccc(NC(=O)NCc2cccc(CN3CCOCC3)c2)n1. The Morgan fingerprint density at radius 1 is 1.25 bits per heavy atom. The number of hydrogen-bond acceptors (Lipinski definition) is 4. The zero-order chi connectivity index (χ0) is 16.8. The summed E-state index contributed by atoms with van der Waals surface area (Å²) in [6.45, 7) is 4.93. The molecular weight excluding hydrogens is 306 g/mol. The number of hydrogen-bond donors (Lipinski definition) is 2. The molecule has 1 fully saturated rings. The van der Waals surface area contributed by atoms with E-state index in [0.717, 1.165) is 38.4 Å². The van der Waals surface area contributed by atoms with Crippen molar-refractivity contribution in [3.63, 3.8) is 0 Å². The molecule has 0 saturated carbocycles. The maximum Gasteiger partial charge on any atom is 0.320 e. The number of carbonyl (C=O) groups excluding carboxylic acids is 1. The van der Waals surface area contributed by atoms with Crippen LogP contribution in [0.25, 0.3) is 0 Å². The van der Waals surface area contributed by atoms with E-state index in [9.17, 15) is 4.79 Å². The van der Waals surface area contributed by atoms with Crippen LogP contribution in [0.3, 0.4) is 0 Å². The molecule has 1 aliphatic rings. The Morgan fingerprint density at radius 2 is 2.04 bits per heavy atom. The number of aromatic nitrogens is 2. The molecular formula is C17H23N5O2. The maximum absolute atomic E-state index is 11.9. The molecule has 2 N–H and O–H groups in total. The van der Waals surface area contributed by atoms with Gasteiger partial charge in [-0.1, -0.05) is 24.3 Å². The van der Waals surface area contributed by atoms with Gasteiger partial charge in [0.15, 0.2) is 5.82 Å². The summed E-state index contributed by atoms with van der Waals surface area (Å²) in [5, 5.41) is 9.68. The predicted molar refractivity (Wildman–Crippen MR) is 91.6 cm³/mol. The van der Waals surface area contributed by atoms with Crippen LogP contribution >= 0.6 is 0 Å². The summed E-state index contributed by atoms with van der Waals surface area (Å²) in [4.78, 5) is 14.3. The highest BCUT2D eigenvalue weighted by atomic mass is 16.5. The first-order valence-electron chi connectivity index (χ1n) is 8.11. The number of nitrogens with zero attached hydrogens (tertiary/aromatic N) is 3. The fourth-order valence-electron chi connectivity index (χ4n) is 2.68. The van der Waals surface area contributed by atoms with Crippen molar-refractivity contribution in [1.82, 2.24) is 20.0 Å². The third-order valence-electron chi connectivity index (χ3n) is 3.91. The second-order valence-corrected chi connectivity index (χ2v) is 5.89. The van der Waals surface area contributed by atoms with Gasteiger partial charge < -0.3 is 10.1 Å². The second kappa shape index (κ2) is 7.94. The first-order chi connectivity index (χ1) is 11.7. The number of morpholine rings is 1. The van der Waals surface area contributed by atoms with Crippen LogP contribution in [0, 0.1) is 0 Å². The molecule has 0 aliphatic carbocycles. The molecule has 2 heterocycles. The summed E-state index contributed by atoms with van der Waals surface area (Å²) < 4.78 is 7.02. The highest BCUT2D eigenvalue weighted by Gasteiger charge is 2.11. The van der Waals surface area contributed by atoms with Crippen LogP contribution in [0.15, 0.2) is 36.5 Å². The molecule has 2 amide bonds. The molecule has 0 atom stereocenters. The monoisotopic (exact) mass is 329 g/mol. The summed E-state index contributed by atoms with van der Waals surface area (Å²) in [6.07, 6.45) is 1.78. The number of aryl methyl sites for hydroxylation is 1. The number of benzene rings is 1. The number of nitrogens with one attached hydrogen (secondary N) is 2. The topological polar surface area (TPSA) is 71.4 Å². The van der Waals surface area contributed by atoms with Gasteiger partial charge in [0.05, 0.1) is 13.2 Å². The average molecular weight is 329 g/mol. The van der Waals surface area contributed by atoms with Gasteiger partial charge in [0.1, 0.15) is 0 Å². The smallest absolute Gasteiger partial charge is 0.320 e. The largest absolute Gasteiger partial charge is 0.379 e. The van der Waals surface area contributed by atoms with E-state index in [4.69, 9.17) is 4.74 Å². The summed E-state index contributed by atoms with van der Waals surface area (Å²) in [5.74, 6) is 0.538. The maximum atomic E-state index is 11.9. The van der Waals surface area contributed by atoms with Gasteiger partial charge in [-0.3, -0.25) is 14.9 Å². The molecule has 1 aliphatic heterocycles. The van der Waals surface area contributed by atoms with Crippen molar-refractivity contribution in [2.45, 2.75) is 13.1 Å². The summed E-state index contributed by atoms with van der Waals surface area (Å²) >= 11 is 0. The lowest BCUT2D eigenvalue weighted by Gasteiger charge is -2.26. The average Bonchev–Trinajstić information content (AvgIpc) is 2.99. The highest BCUT2D eigenvalue weighted by Crippen LogP contribution is 2.10. The predicted octanol–water partition coefficient (Wildman–Crippen LogP) is 1.57. The molecule has 7 heteroatoms. The summed E-state index contributed by atoms with van der Waals surface area (Å²) in [5.41, 5.74) is 2.33. The van der Waals surface area contributed by atoms with Crippen LogP contribution < -0.4 is 10.6 Å². The highest BCUT2D eigenvalue weighted by molar-refractivity contribution is 5.88. The molecule has 0 bridgehead atoms. The third kappa shape index (κ3) is 4.81. The van der Waals surface area contributed by atoms with Gasteiger partial charge in [-0.25, -0.2) is 4.79 Å². The van der Waals surface area contributed by atoms with E-state index in [2.05, 4.69) is 32.8 Å². The van der Waals surface area contributed by atoms with Crippen LogP contribution in [-0.2, 0) is 24.9 Å². The Bertz CT molecular complexity index is 679. The van der Waals surface area contributed by atoms with Crippen LogP contribution in [-0.4, -0.2) is 47.0 Å². The van der Waals surface area contributed by atoms with E-state index >= 15 is 0 Å². The van der Waals surface area contributed by atoms with Gasteiger partial charge in [0, 0.05) is 45.5 Å². The van der Waals surface area contributed by atoms with E-state index < -0.39 is 0 Å². The standard InChI is InChI=1S/C17H23N5O2/c1-21-6-5-16(20-21)19-17(23)18-12-14-3-2-4-15(11-14)13-22-7-9-24-10-8-22/h2-6,11H,7-10,12-13H2,1H3,(H2,18,19,20,23). The molecule has 2 aromatic rings. The number of carbonyl (C=O) groups is 1. The van der Waals surface area contributed by atoms with Gasteiger partial charge in [-0.2, -0.15) is 5.10 Å². The Balaban J connectivity index is 1.49.